The van der Waals surface area contributed by atoms with Gasteiger partial charge in [-0.15, -0.1) is 23.5 Å². The van der Waals surface area contributed by atoms with Crippen molar-refractivity contribution in [1.82, 2.24) is 24.1 Å². The van der Waals surface area contributed by atoms with Crippen molar-refractivity contribution >= 4 is 64.1 Å². The summed E-state index contributed by atoms with van der Waals surface area (Å²) in [4.78, 5) is 13.5. The first-order chi connectivity index (χ1) is 21.7. The standard InChI is InChI=1S/C34H34ClN5O3S2/c1-6-21-13-24-15-31(25(21)7-2)43-12-8-11-40-29-10-9-27(35)33(26(29)16-30(40)34(41)42)32-20(3)38(4)37-28(32)19-44-17-22-14-23(18-45-24)39(5)36-22/h6-7,9-10,13-16H,1-2,8,11-12,17-19H2,3-5H3,(H,41,42). The Hall–Kier alpha value is -3.86. The van der Waals surface area contributed by atoms with Gasteiger partial charge in [-0.3, -0.25) is 9.36 Å². The van der Waals surface area contributed by atoms with Gasteiger partial charge in [0.2, 0.25) is 0 Å². The van der Waals surface area contributed by atoms with Crippen LogP contribution in [0.15, 0.2) is 54.5 Å². The maximum atomic E-state index is 12.5. The molecule has 8 nitrogen and oxygen atoms in total. The number of carbonyl (C=O) groups is 1. The molecule has 6 rings (SSSR count). The number of hydrogen-bond acceptors (Lipinski definition) is 6. The lowest BCUT2D eigenvalue weighted by Crippen LogP contribution is -2.11. The molecule has 4 heterocycles. The predicted molar refractivity (Wildman–Crippen MR) is 185 cm³/mol. The number of carboxylic acids is 1. The van der Waals surface area contributed by atoms with Crippen molar-refractivity contribution in [3.63, 3.8) is 0 Å². The summed E-state index contributed by atoms with van der Waals surface area (Å²) in [5, 5.41) is 21.2. The molecule has 0 radical (unpaired) electrons. The van der Waals surface area contributed by atoms with Crippen molar-refractivity contribution in [3.8, 4) is 16.9 Å². The van der Waals surface area contributed by atoms with Gasteiger partial charge in [0.25, 0.3) is 0 Å². The van der Waals surface area contributed by atoms with Gasteiger partial charge < -0.3 is 14.4 Å². The third kappa shape index (κ3) is 5.94. The van der Waals surface area contributed by atoms with Gasteiger partial charge in [-0.1, -0.05) is 36.9 Å². The molecule has 45 heavy (non-hydrogen) atoms. The summed E-state index contributed by atoms with van der Waals surface area (Å²) in [7, 11) is 3.90. The Morgan fingerprint density at radius 2 is 1.87 bits per heavy atom. The molecule has 0 spiro atoms. The minimum absolute atomic E-state index is 0.207. The first kappa shape index (κ1) is 31.1. The molecule has 0 unspecified atom stereocenters. The smallest absolute Gasteiger partial charge is 0.352 e. The highest BCUT2D eigenvalue weighted by Gasteiger charge is 2.24. The first-order valence-electron chi connectivity index (χ1n) is 14.6. The summed E-state index contributed by atoms with van der Waals surface area (Å²) in [6.07, 6.45) is 4.19. The number of benzene rings is 2. The highest BCUT2D eigenvalue weighted by molar-refractivity contribution is 7.98. The fourth-order valence-corrected chi connectivity index (χ4v) is 7.98. The van der Waals surface area contributed by atoms with Crippen molar-refractivity contribution in [2.45, 2.75) is 42.0 Å². The third-order valence-corrected chi connectivity index (χ3v) is 10.5. The van der Waals surface area contributed by atoms with Crippen LogP contribution in [0, 0.1) is 6.92 Å². The van der Waals surface area contributed by atoms with E-state index in [9.17, 15) is 9.90 Å². The largest absolute Gasteiger partial charge is 0.493 e. The summed E-state index contributed by atoms with van der Waals surface area (Å²) in [5.74, 6) is 1.85. The minimum atomic E-state index is -0.994. The van der Waals surface area contributed by atoms with Crippen molar-refractivity contribution in [2.24, 2.45) is 14.1 Å². The number of aromatic nitrogens is 5. The van der Waals surface area contributed by atoms with Crippen molar-refractivity contribution in [1.29, 1.82) is 0 Å². The van der Waals surface area contributed by atoms with Crippen LogP contribution in [0.5, 0.6) is 5.75 Å². The second-order valence-corrected chi connectivity index (χ2v) is 13.4. The number of carboxylic acid groups (broad SMARTS) is 1. The molecule has 11 heteroatoms. The summed E-state index contributed by atoms with van der Waals surface area (Å²) < 4.78 is 12.0. The molecule has 232 valence electrons. The summed E-state index contributed by atoms with van der Waals surface area (Å²) in [5.41, 5.74) is 8.58. The van der Waals surface area contributed by atoms with Crippen molar-refractivity contribution in [3.05, 3.63) is 94.2 Å². The Balaban J connectivity index is 1.47. The lowest BCUT2D eigenvalue weighted by atomic mass is 9.99. The number of aromatic carboxylic acids is 1. The highest BCUT2D eigenvalue weighted by atomic mass is 35.5. The lowest BCUT2D eigenvalue weighted by Gasteiger charge is -2.15. The van der Waals surface area contributed by atoms with E-state index in [4.69, 9.17) is 26.5 Å². The number of fused-ring (bicyclic) bond motifs is 6. The Bertz CT molecular complexity index is 1970. The molecular weight excluding hydrogens is 626 g/mol. The van der Waals surface area contributed by atoms with Gasteiger partial charge >= 0.3 is 5.97 Å². The van der Waals surface area contributed by atoms with Crippen LogP contribution < -0.4 is 4.74 Å². The van der Waals surface area contributed by atoms with Crippen molar-refractivity contribution in [2.75, 3.05) is 6.61 Å². The fraction of sp³-hybridized carbons (Fsp3) is 0.265. The zero-order valence-electron chi connectivity index (χ0n) is 25.5. The first-order valence-corrected chi connectivity index (χ1v) is 17.1. The van der Waals surface area contributed by atoms with Crippen molar-refractivity contribution < 1.29 is 14.6 Å². The maximum absolute atomic E-state index is 12.5. The second kappa shape index (κ2) is 12.9. The monoisotopic (exact) mass is 659 g/mol. The molecule has 1 aliphatic heterocycles. The SMILES string of the molecule is C=Cc1cc2cc(c1C=C)OCCCn1c(C(=O)O)cc3c(c(Cl)ccc31)-c1c(nn(C)c1C)CSCc1cc(n(C)n1)CS2. The van der Waals surface area contributed by atoms with E-state index in [2.05, 4.69) is 25.3 Å². The van der Waals surface area contributed by atoms with E-state index in [1.165, 1.54) is 0 Å². The molecule has 1 aliphatic rings. The zero-order chi connectivity index (χ0) is 31.8. The molecule has 1 N–H and O–H groups in total. The van der Waals surface area contributed by atoms with Crippen LogP contribution in [0.3, 0.4) is 0 Å². The van der Waals surface area contributed by atoms with Gasteiger partial charge in [-0.2, -0.15) is 10.2 Å². The zero-order valence-corrected chi connectivity index (χ0v) is 27.9. The van der Waals surface area contributed by atoms with Gasteiger partial charge in [0, 0.05) is 86.8 Å². The highest BCUT2D eigenvalue weighted by Crippen LogP contribution is 2.41. The van der Waals surface area contributed by atoms with E-state index in [0.717, 1.165) is 78.1 Å². The number of hydrogen-bond donors (Lipinski definition) is 1. The van der Waals surface area contributed by atoms with E-state index < -0.39 is 5.97 Å². The van der Waals surface area contributed by atoms with E-state index in [1.54, 1.807) is 35.7 Å². The van der Waals surface area contributed by atoms with Gasteiger partial charge in [0.1, 0.15) is 11.4 Å². The number of nitrogens with zero attached hydrogens (tertiary/aromatic N) is 5. The molecule has 3 aromatic heterocycles. The maximum Gasteiger partial charge on any atom is 0.352 e. The molecule has 2 aromatic carbocycles. The Morgan fingerprint density at radius 1 is 1.04 bits per heavy atom. The average Bonchev–Trinajstić information content (AvgIpc) is 3.66. The predicted octanol–water partition coefficient (Wildman–Crippen LogP) is 8.23. The molecule has 0 aliphatic carbocycles. The number of aryl methyl sites for hydroxylation is 3. The number of rotatable bonds is 3. The minimum Gasteiger partial charge on any atom is -0.493 e. The number of halogens is 1. The normalized spacial score (nSPS) is 14.0. The van der Waals surface area contributed by atoms with Crippen LogP contribution in [-0.4, -0.2) is 41.8 Å². The molecule has 0 saturated carbocycles. The second-order valence-electron chi connectivity index (χ2n) is 10.9. The summed E-state index contributed by atoms with van der Waals surface area (Å²) in [6.45, 7) is 10.9. The van der Waals surface area contributed by atoms with Gasteiger partial charge in [0.15, 0.2) is 0 Å². The fourth-order valence-electron chi connectivity index (χ4n) is 5.89. The van der Waals surface area contributed by atoms with E-state index in [-0.39, 0.29) is 5.69 Å². The van der Waals surface area contributed by atoms with Gasteiger partial charge in [-0.05, 0) is 55.3 Å². The summed E-state index contributed by atoms with van der Waals surface area (Å²) >= 11 is 10.4. The van der Waals surface area contributed by atoms with Gasteiger partial charge in [0.05, 0.1) is 18.0 Å². The Kier molecular flexibility index (Phi) is 8.90. The molecule has 0 amide bonds. The van der Waals surface area contributed by atoms with Gasteiger partial charge in [-0.25, -0.2) is 4.79 Å². The van der Waals surface area contributed by atoms with Crippen LogP contribution in [0.1, 0.15) is 50.8 Å². The summed E-state index contributed by atoms with van der Waals surface area (Å²) in [6, 6.07) is 11.8. The molecule has 0 atom stereocenters. The van der Waals surface area contributed by atoms with E-state index >= 15 is 0 Å². The molecule has 5 aromatic rings. The quantitative estimate of drug-likeness (QED) is 0.209. The van der Waals surface area contributed by atoms with E-state index in [1.807, 2.05) is 59.2 Å². The number of thioether (sulfide) groups is 2. The lowest BCUT2D eigenvalue weighted by molar-refractivity contribution is 0.0685. The number of ether oxygens (including phenoxy) is 1. The van der Waals surface area contributed by atoms with Crippen LogP contribution >= 0.6 is 35.1 Å². The van der Waals surface area contributed by atoms with Crippen LogP contribution in [0.4, 0.5) is 0 Å². The van der Waals surface area contributed by atoms with E-state index in [0.29, 0.717) is 30.3 Å². The van der Waals surface area contributed by atoms with Crippen LogP contribution in [0.2, 0.25) is 5.02 Å². The van der Waals surface area contributed by atoms with Crippen LogP contribution in [0.25, 0.3) is 34.2 Å². The topological polar surface area (TPSA) is 87.1 Å². The molecule has 8 bridgehead atoms. The molecule has 0 fully saturated rings. The molecular formula is C34H34ClN5O3S2. The average molecular weight is 660 g/mol. The Labute approximate surface area is 275 Å². The van der Waals surface area contributed by atoms with Crippen LogP contribution in [-0.2, 0) is 37.9 Å². The third-order valence-electron chi connectivity index (χ3n) is 8.17. The molecule has 0 saturated heterocycles. The Morgan fingerprint density at radius 3 is 2.62 bits per heavy atom.